The molecule has 0 spiro atoms. The molecule has 6 heteroatoms. The van der Waals surface area contributed by atoms with Gasteiger partial charge in [-0.3, -0.25) is 9.48 Å². The van der Waals surface area contributed by atoms with Crippen LogP contribution in [-0.4, -0.2) is 60.5 Å². The lowest BCUT2D eigenvalue weighted by Crippen LogP contribution is -2.31. The number of hydrogen-bond acceptors (Lipinski definition) is 4. The van der Waals surface area contributed by atoms with Crippen molar-refractivity contribution in [3.63, 3.8) is 0 Å². The first-order valence-corrected chi connectivity index (χ1v) is 9.73. The Bertz CT molecular complexity index is 771. The molecular weight excluding hydrogens is 340 g/mol. The molecule has 1 aromatic heterocycles. The molecule has 1 atom stereocenters. The summed E-state index contributed by atoms with van der Waals surface area (Å²) in [5.41, 5.74) is 4.01. The van der Waals surface area contributed by atoms with Gasteiger partial charge in [0.2, 0.25) is 0 Å². The van der Waals surface area contributed by atoms with Crippen LogP contribution in [0.3, 0.4) is 0 Å². The van der Waals surface area contributed by atoms with E-state index in [0.717, 1.165) is 56.8 Å². The topological polar surface area (TPSA) is 59.4 Å². The Balaban J connectivity index is 1.59. The van der Waals surface area contributed by atoms with Crippen LogP contribution in [0.15, 0.2) is 30.5 Å². The minimum atomic E-state index is -0.00543. The zero-order valence-electron chi connectivity index (χ0n) is 16.6. The van der Waals surface area contributed by atoms with E-state index in [-0.39, 0.29) is 5.91 Å². The molecule has 1 aromatic carbocycles. The number of aromatic nitrogens is 2. The van der Waals surface area contributed by atoms with Crippen LogP contribution in [0.5, 0.6) is 0 Å². The van der Waals surface area contributed by atoms with Crippen molar-refractivity contribution < 1.29 is 9.53 Å². The molecule has 6 nitrogen and oxygen atoms in total. The summed E-state index contributed by atoms with van der Waals surface area (Å²) >= 11 is 0. The third-order valence-electron chi connectivity index (χ3n) is 5.37. The van der Waals surface area contributed by atoms with Crippen LogP contribution in [0, 0.1) is 5.92 Å². The van der Waals surface area contributed by atoms with E-state index < -0.39 is 0 Å². The Morgan fingerprint density at radius 1 is 1.41 bits per heavy atom. The molecule has 146 valence electrons. The molecule has 2 aromatic rings. The summed E-state index contributed by atoms with van der Waals surface area (Å²) < 4.78 is 7.04. The number of nitrogens with zero attached hydrogens (tertiary/aromatic N) is 3. The van der Waals surface area contributed by atoms with E-state index in [0.29, 0.717) is 11.5 Å². The highest BCUT2D eigenvalue weighted by molar-refractivity contribution is 5.95. The molecule has 0 unspecified atom stereocenters. The minimum Gasteiger partial charge on any atom is -0.383 e. The van der Waals surface area contributed by atoms with Gasteiger partial charge < -0.3 is 15.0 Å². The van der Waals surface area contributed by atoms with Gasteiger partial charge in [-0.2, -0.15) is 5.10 Å². The highest BCUT2D eigenvalue weighted by Crippen LogP contribution is 2.24. The first-order chi connectivity index (χ1) is 13.1. The molecule has 1 aliphatic heterocycles. The molecule has 3 rings (SSSR count). The summed E-state index contributed by atoms with van der Waals surface area (Å²) in [6.45, 7) is 6.68. The fourth-order valence-corrected chi connectivity index (χ4v) is 3.79. The van der Waals surface area contributed by atoms with E-state index >= 15 is 0 Å². The molecule has 27 heavy (non-hydrogen) atoms. The molecular formula is C21H30N4O2. The molecule has 1 saturated heterocycles. The van der Waals surface area contributed by atoms with Gasteiger partial charge in [0.15, 0.2) is 0 Å². The number of carbonyl (C=O) groups is 1. The van der Waals surface area contributed by atoms with Gasteiger partial charge in [-0.15, -0.1) is 0 Å². The van der Waals surface area contributed by atoms with Gasteiger partial charge >= 0.3 is 0 Å². The Labute approximate surface area is 161 Å². The maximum absolute atomic E-state index is 12.6. The van der Waals surface area contributed by atoms with Crippen molar-refractivity contribution in [3.05, 3.63) is 41.7 Å². The molecule has 0 bridgehead atoms. The van der Waals surface area contributed by atoms with Crippen molar-refractivity contribution in [2.24, 2.45) is 13.0 Å². The number of hydrogen-bond donors (Lipinski definition) is 1. The third-order valence-corrected chi connectivity index (χ3v) is 5.37. The zero-order chi connectivity index (χ0) is 19.2. The second kappa shape index (κ2) is 9.15. The Kier molecular flexibility index (Phi) is 6.63. The van der Waals surface area contributed by atoms with E-state index in [2.05, 4.69) is 22.2 Å². The lowest BCUT2D eigenvalue weighted by molar-refractivity contribution is 0.0946. The summed E-state index contributed by atoms with van der Waals surface area (Å²) in [6, 6.07) is 7.82. The largest absolute Gasteiger partial charge is 0.383 e. The van der Waals surface area contributed by atoms with Gasteiger partial charge in [0.1, 0.15) is 0 Å². The normalized spacial score (nSPS) is 17.4. The number of likely N-dealkylation sites (tertiary alicyclic amines) is 1. The van der Waals surface area contributed by atoms with Crippen molar-refractivity contribution >= 4 is 5.91 Å². The van der Waals surface area contributed by atoms with Crippen molar-refractivity contribution in [3.8, 4) is 11.1 Å². The minimum absolute atomic E-state index is 0.00543. The number of nitrogens with one attached hydrogen (secondary N) is 1. The molecule has 1 N–H and O–H groups in total. The van der Waals surface area contributed by atoms with Crippen LogP contribution in [0.1, 0.15) is 29.4 Å². The SMILES string of the molecule is CCc1c(-c2cccc(C(=O)NC[C@H]3CCN(CCOC)C3)c2)cnn1C. The standard InChI is InChI=1S/C21H30N4O2/c1-4-20-19(14-23-24(20)2)17-6-5-7-18(12-17)21(26)22-13-16-8-9-25(15-16)10-11-27-3/h5-7,12,14,16H,4,8-11,13,15H2,1-3H3,(H,22,26)/t16-/m1/s1. The summed E-state index contributed by atoms with van der Waals surface area (Å²) in [4.78, 5) is 15.0. The van der Waals surface area contributed by atoms with E-state index in [1.54, 1.807) is 7.11 Å². The molecule has 0 saturated carbocycles. The second-order valence-corrected chi connectivity index (χ2v) is 7.22. The second-order valence-electron chi connectivity index (χ2n) is 7.22. The highest BCUT2D eigenvalue weighted by atomic mass is 16.5. The Morgan fingerprint density at radius 2 is 2.26 bits per heavy atom. The van der Waals surface area contributed by atoms with E-state index in [9.17, 15) is 4.79 Å². The number of ether oxygens (including phenoxy) is 1. The van der Waals surface area contributed by atoms with Crippen molar-refractivity contribution in [2.45, 2.75) is 19.8 Å². The summed E-state index contributed by atoms with van der Waals surface area (Å²) in [5.74, 6) is 0.508. The number of carbonyl (C=O) groups excluding carboxylic acids is 1. The summed E-state index contributed by atoms with van der Waals surface area (Å²) in [5, 5.41) is 7.47. The molecule has 0 radical (unpaired) electrons. The first-order valence-electron chi connectivity index (χ1n) is 9.73. The average molecular weight is 370 g/mol. The van der Waals surface area contributed by atoms with Gasteiger partial charge in [0.05, 0.1) is 12.8 Å². The average Bonchev–Trinajstić information content (AvgIpc) is 3.30. The number of rotatable bonds is 8. The zero-order valence-corrected chi connectivity index (χ0v) is 16.6. The third kappa shape index (κ3) is 4.76. The predicted molar refractivity (Wildman–Crippen MR) is 107 cm³/mol. The van der Waals surface area contributed by atoms with Crippen molar-refractivity contribution in [1.29, 1.82) is 0 Å². The first kappa shape index (κ1) is 19.6. The lowest BCUT2D eigenvalue weighted by atomic mass is 10.0. The lowest BCUT2D eigenvalue weighted by Gasteiger charge is -2.15. The van der Waals surface area contributed by atoms with Crippen LogP contribution in [-0.2, 0) is 18.2 Å². The maximum atomic E-state index is 12.6. The fraction of sp³-hybridized carbons (Fsp3) is 0.524. The molecule has 1 amide bonds. The van der Waals surface area contributed by atoms with Gasteiger partial charge in [-0.25, -0.2) is 0 Å². The van der Waals surface area contributed by atoms with Crippen LogP contribution >= 0.6 is 0 Å². The van der Waals surface area contributed by atoms with E-state index in [1.165, 1.54) is 5.69 Å². The Morgan fingerprint density at radius 3 is 3.04 bits per heavy atom. The smallest absolute Gasteiger partial charge is 0.251 e. The summed E-state index contributed by atoms with van der Waals surface area (Å²) in [7, 11) is 3.69. The monoisotopic (exact) mass is 370 g/mol. The van der Waals surface area contributed by atoms with Gasteiger partial charge in [0.25, 0.3) is 5.91 Å². The maximum Gasteiger partial charge on any atom is 0.251 e. The number of methoxy groups -OCH3 is 1. The fourth-order valence-electron chi connectivity index (χ4n) is 3.79. The molecule has 1 aliphatic rings. The van der Waals surface area contributed by atoms with Gasteiger partial charge in [-0.05, 0) is 43.0 Å². The number of amides is 1. The van der Waals surface area contributed by atoms with Crippen molar-refractivity contribution in [2.75, 3.05) is 39.9 Å². The van der Waals surface area contributed by atoms with Crippen LogP contribution in [0.4, 0.5) is 0 Å². The Hall–Kier alpha value is -2.18. The van der Waals surface area contributed by atoms with Crippen LogP contribution < -0.4 is 5.32 Å². The molecule has 0 aliphatic carbocycles. The van der Waals surface area contributed by atoms with Gasteiger partial charge in [-0.1, -0.05) is 19.1 Å². The van der Waals surface area contributed by atoms with Crippen molar-refractivity contribution in [1.82, 2.24) is 20.0 Å². The highest BCUT2D eigenvalue weighted by Gasteiger charge is 2.22. The predicted octanol–water partition coefficient (Wildman–Crippen LogP) is 2.35. The van der Waals surface area contributed by atoms with E-state index in [1.807, 2.05) is 42.2 Å². The van der Waals surface area contributed by atoms with Crippen LogP contribution in [0.25, 0.3) is 11.1 Å². The van der Waals surface area contributed by atoms with Crippen LogP contribution in [0.2, 0.25) is 0 Å². The molecule has 1 fully saturated rings. The molecule has 2 heterocycles. The van der Waals surface area contributed by atoms with Gasteiger partial charge in [0, 0.05) is 50.6 Å². The van der Waals surface area contributed by atoms with E-state index in [4.69, 9.17) is 4.74 Å². The quantitative estimate of drug-likeness (QED) is 0.775. The number of aryl methyl sites for hydroxylation is 1. The number of benzene rings is 1. The summed E-state index contributed by atoms with van der Waals surface area (Å²) in [6.07, 6.45) is 3.91.